The van der Waals surface area contributed by atoms with Crippen LogP contribution in [0.25, 0.3) is 0 Å². The highest BCUT2D eigenvalue weighted by atomic mass is 16.6. The molecule has 10 heteroatoms. The minimum absolute atomic E-state index is 0.0581. The number of rotatable bonds is 10. The van der Waals surface area contributed by atoms with E-state index in [4.69, 9.17) is 14.2 Å². The third kappa shape index (κ3) is 4.70. The predicted molar refractivity (Wildman–Crippen MR) is 96.5 cm³/mol. The number of aromatic nitrogens is 2. The van der Waals surface area contributed by atoms with E-state index in [-0.39, 0.29) is 17.3 Å². The Morgan fingerprint density at radius 2 is 1.92 bits per heavy atom. The van der Waals surface area contributed by atoms with Crippen LogP contribution in [0.3, 0.4) is 0 Å². The van der Waals surface area contributed by atoms with Gasteiger partial charge in [0.1, 0.15) is 17.8 Å². The first-order chi connectivity index (χ1) is 12.6. The predicted octanol–water partition coefficient (Wildman–Crippen LogP) is 2.59. The van der Waals surface area contributed by atoms with Crippen molar-refractivity contribution in [2.45, 2.75) is 6.42 Å². The van der Waals surface area contributed by atoms with Crippen LogP contribution in [0.15, 0.2) is 24.5 Å². The topological polar surface area (TPSA) is 121 Å². The molecule has 0 saturated heterocycles. The van der Waals surface area contributed by atoms with E-state index < -0.39 is 4.92 Å². The van der Waals surface area contributed by atoms with Crippen LogP contribution in [0.4, 0.5) is 23.0 Å². The van der Waals surface area contributed by atoms with E-state index in [0.717, 1.165) is 0 Å². The second-order valence-electron chi connectivity index (χ2n) is 5.14. The van der Waals surface area contributed by atoms with Gasteiger partial charge in [-0.25, -0.2) is 9.97 Å². The quantitative estimate of drug-likeness (QED) is 0.373. The molecule has 0 atom stereocenters. The molecular weight excluding hydrogens is 342 g/mol. The van der Waals surface area contributed by atoms with Crippen LogP contribution in [0.1, 0.15) is 6.42 Å². The van der Waals surface area contributed by atoms with E-state index >= 15 is 0 Å². The average molecular weight is 363 g/mol. The molecule has 0 saturated carbocycles. The summed E-state index contributed by atoms with van der Waals surface area (Å²) in [6.07, 6.45) is 1.94. The number of hydrogen-bond acceptors (Lipinski definition) is 9. The van der Waals surface area contributed by atoms with Crippen LogP contribution >= 0.6 is 0 Å². The number of nitrogens with one attached hydrogen (secondary N) is 2. The highest BCUT2D eigenvalue weighted by Crippen LogP contribution is 2.35. The summed E-state index contributed by atoms with van der Waals surface area (Å²) in [6, 6.07) is 5.07. The number of methoxy groups -OCH3 is 3. The van der Waals surface area contributed by atoms with Crippen LogP contribution in [-0.4, -0.2) is 49.4 Å². The third-order valence-corrected chi connectivity index (χ3v) is 3.48. The molecule has 0 unspecified atom stereocenters. The Hall–Kier alpha value is -3.14. The molecule has 2 aromatic rings. The second-order valence-corrected chi connectivity index (χ2v) is 5.14. The SMILES string of the molecule is COCCCNc1ncnc(Nc2ccc(OC)cc2OC)c1[N+](=O)[O-]. The Labute approximate surface area is 150 Å². The highest BCUT2D eigenvalue weighted by Gasteiger charge is 2.23. The Kier molecular flexibility index (Phi) is 6.92. The van der Waals surface area contributed by atoms with Crippen molar-refractivity contribution in [3.8, 4) is 11.5 Å². The molecular formula is C16H21N5O5. The summed E-state index contributed by atoms with van der Waals surface area (Å²) in [5.41, 5.74) is 0.267. The lowest BCUT2D eigenvalue weighted by Crippen LogP contribution is -2.10. The summed E-state index contributed by atoms with van der Waals surface area (Å²) in [6.45, 7) is 1.02. The van der Waals surface area contributed by atoms with Crippen molar-refractivity contribution < 1.29 is 19.1 Å². The Bertz CT molecular complexity index is 756. The number of nitro groups is 1. The maximum atomic E-state index is 11.5. The van der Waals surface area contributed by atoms with Gasteiger partial charge in [-0.2, -0.15) is 0 Å². The molecule has 0 spiro atoms. The number of benzene rings is 1. The summed E-state index contributed by atoms with van der Waals surface area (Å²) in [4.78, 5) is 19.0. The van der Waals surface area contributed by atoms with Crippen LogP contribution in [0.5, 0.6) is 11.5 Å². The van der Waals surface area contributed by atoms with E-state index in [1.165, 1.54) is 13.4 Å². The van der Waals surface area contributed by atoms with E-state index in [0.29, 0.717) is 36.8 Å². The van der Waals surface area contributed by atoms with Crippen molar-refractivity contribution in [1.29, 1.82) is 0 Å². The fourth-order valence-corrected chi connectivity index (χ4v) is 2.23. The highest BCUT2D eigenvalue weighted by molar-refractivity contribution is 5.76. The van der Waals surface area contributed by atoms with Gasteiger partial charge >= 0.3 is 5.69 Å². The maximum absolute atomic E-state index is 11.5. The molecule has 1 aromatic carbocycles. The molecule has 2 rings (SSSR count). The van der Waals surface area contributed by atoms with Crippen LogP contribution in [0.2, 0.25) is 0 Å². The van der Waals surface area contributed by atoms with Gasteiger partial charge in [-0.15, -0.1) is 0 Å². The maximum Gasteiger partial charge on any atom is 0.353 e. The Balaban J connectivity index is 2.30. The summed E-state index contributed by atoms with van der Waals surface area (Å²) in [5.74, 6) is 1.26. The monoisotopic (exact) mass is 363 g/mol. The molecule has 0 aliphatic rings. The normalized spacial score (nSPS) is 10.3. The summed E-state index contributed by atoms with van der Waals surface area (Å²) in [7, 11) is 4.63. The number of anilines is 3. The third-order valence-electron chi connectivity index (χ3n) is 3.48. The second kappa shape index (κ2) is 9.37. The molecule has 0 aliphatic heterocycles. The van der Waals surface area contributed by atoms with E-state index in [1.807, 2.05) is 0 Å². The average Bonchev–Trinajstić information content (AvgIpc) is 2.65. The molecule has 10 nitrogen and oxygen atoms in total. The summed E-state index contributed by atoms with van der Waals surface area (Å²) < 4.78 is 15.4. The van der Waals surface area contributed by atoms with Crippen molar-refractivity contribution in [2.24, 2.45) is 0 Å². The first-order valence-electron chi connectivity index (χ1n) is 7.82. The molecule has 0 bridgehead atoms. The van der Waals surface area contributed by atoms with Crippen molar-refractivity contribution >= 4 is 23.0 Å². The standard InChI is InChI=1S/C16H21N5O5/c1-24-8-4-7-17-15-14(21(22)23)16(19-10-18-15)20-12-6-5-11(25-2)9-13(12)26-3/h5-6,9-10H,4,7-8H2,1-3H3,(H2,17,18,19,20). The fourth-order valence-electron chi connectivity index (χ4n) is 2.23. The molecule has 2 N–H and O–H groups in total. The lowest BCUT2D eigenvalue weighted by atomic mass is 10.2. The van der Waals surface area contributed by atoms with Crippen molar-refractivity contribution in [2.75, 3.05) is 45.1 Å². The van der Waals surface area contributed by atoms with Crippen LogP contribution in [-0.2, 0) is 4.74 Å². The minimum atomic E-state index is -0.531. The minimum Gasteiger partial charge on any atom is -0.497 e. The molecule has 140 valence electrons. The Morgan fingerprint density at radius 3 is 2.58 bits per heavy atom. The molecule has 0 radical (unpaired) electrons. The molecule has 1 heterocycles. The van der Waals surface area contributed by atoms with Gasteiger partial charge < -0.3 is 24.8 Å². The number of ether oxygens (including phenoxy) is 3. The largest absolute Gasteiger partial charge is 0.497 e. The van der Waals surface area contributed by atoms with Crippen molar-refractivity contribution in [1.82, 2.24) is 9.97 Å². The van der Waals surface area contributed by atoms with Gasteiger partial charge in [-0.05, 0) is 18.6 Å². The van der Waals surface area contributed by atoms with Gasteiger partial charge in [-0.3, -0.25) is 10.1 Å². The number of nitrogens with zero attached hydrogens (tertiary/aromatic N) is 3. The van der Waals surface area contributed by atoms with Gasteiger partial charge in [0, 0.05) is 26.3 Å². The van der Waals surface area contributed by atoms with Crippen molar-refractivity contribution in [3.63, 3.8) is 0 Å². The van der Waals surface area contributed by atoms with Gasteiger partial charge in [0.15, 0.2) is 0 Å². The molecule has 0 aliphatic carbocycles. The molecule has 26 heavy (non-hydrogen) atoms. The first kappa shape index (κ1) is 19.2. The van der Waals surface area contributed by atoms with Gasteiger partial charge in [0.2, 0.25) is 11.6 Å². The Morgan fingerprint density at radius 1 is 1.15 bits per heavy atom. The zero-order valence-electron chi connectivity index (χ0n) is 14.8. The van der Waals surface area contributed by atoms with Gasteiger partial charge in [0.05, 0.1) is 24.8 Å². The zero-order valence-corrected chi connectivity index (χ0v) is 14.8. The van der Waals surface area contributed by atoms with Gasteiger partial charge in [0.25, 0.3) is 0 Å². The summed E-state index contributed by atoms with van der Waals surface area (Å²) >= 11 is 0. The summed E-state index contributed by atoms with van der Waals surface area (Å²) in [5, 5.41) is 17.4. The fraction of sp³-hybridized carbons (Fsp3) is 0.375. The molecule has 0 fully saturated rings. The number of hydrogen-bond donors (Lipinski definition) is 2. The molecule has 0 amide bonds. The van der Waals surface area contributed by atoms with E-state index in [2.05, 4.69) is 20.6 Å². The van der Waals surface area contributed by atoms with Crippen molar-refractivity contribution in [3.05, 3.63) is 34.6 Å². The molecule has 1 aromatic heterocycles. The van der Waals surface area contributed by atoms with Crippen LogP contribution in [0, 0.1) is 10.1 Å². The van der Waals surface area contributed by atoms with E-state index in [9.17, 15) is 10.1 Å². The lowest BCUT2D eigenvalue weighted by Gasteiger charge is -2.13. The van der Waals surface area contributed by atoms with E-state index in [1.54, 1.807) is 32.4 Å². The lowest BCUT2D eigenvalue weighted by molar-refractivity contribution is -0.383. The van der Waals surface area contributed by atoms with Crippen LogP contribution < -0.4 is 20.1 Å². The van der Waals surface area contributed by atoms with Gasteiger partial charge in [-0.1, -0.05) is 0 Å². The smallest absolute Gasteiger partial charge is 0.353 e. The zero-order chi connectivity index (χ0) is 18.9. The first-order valence-corrected chi connectivity index (χ1v) is 7.82.